The Morgan fingerprint density at radius 1 is 0.242 bits per heavy atom. The standard InChI is InChI=1S/C60H42N2/c1-4-15-43(16-5-1)44-27-29-45(30-28-44)46-31-35-51(36-32-46)61(54-39-40-55(48-17-6-2-7-18-48)58(42-54)49-19-8-3-9-20-49)52-37-33-47(34-38-52)50-21-14-22-53(41-50)62-59-25-12-10-23-56(59)57-24-11-13-26-60(57)62/h1-42H. The van der Waals surface area contributed by atoms with Crippen LogP contribution in [0.4, 0.5) is 17.1 Å². The van der Waals surface area contributed by atoms with Gasteiger partial charge in [0.2, 0.25) is 0 Å². The first-order valence-electron chi connectivity index (χ1n) is 21.3. The Morgan fingerprint density at radius 2 is 0.629 bits per heavy atom. The molecule has 292 valence electrons. The number of benzene rings is 10. The van der Waals surface area contributed by atoms with Gasteiger partial charge in [-0.1, -0.05) is 194 Å². The summed E-state index contributed by atoms with van der Waals surface area (Å²) in [7, 11) is 0. The van der Waals surface area contributed by atoms with E-state index >= 15 is 0 Å². The van der Waals surface area contributed by atoms with Crippen LogP contribution in [-0.4, -0.2) is 4.57 Å². The van der Waals surface area contributed by atoms with Crippen LogP contribution in [0.2, 0.25) is 0 Å². The van der Waals surface area contributed by atoms with E-state index in [1.54, 1.807) is 0 Å². The molecule has 0 unspecified atom stereocenters. The molecule has 2 nitrogen and oxygen atoms in total. The van der Waals surface area contributed by atoms with E-state index in [-0.39, 0.29) is 0 Å². The predicted molar refractivity (Wildman–Crippen MR) is 263 cm³/mol. The average Bonchev–Trinajstić information content (AvgIpc) is 3.70. The molecule has 11 aromatic rings. The molecule has 1 aromatic heterocycles. The number of anilines is 3. The van der Waals surface area contributed by atoms with Gasteiger partial charge < -0.3 is 9.47 Å². The van der Waals surface area contributed by atoms with Gasteiger partial charge in [-0.2, -0.15) is 0 Å². The molecule has 0 fully saturated rings. The first-order valence-corrected chi connectivity index (χ1v) is 21.3. The number of nitrogens with zero attached hydrogens (tertiary/aromatic N) is 2. The van der Waals surface area contributed by atoms with Crippen molar-refractivity contribution in [2.45, 2.75) is 0 Å². The van der Waals surface area contributed by atoms with Gasteiger partial charge in [0.15, 0.2) is 0 Å². The molecule has 0 N–H and O–H groups in total. The minimum Gasteiger partial charge on any atom is -0.310 e. The van der Waals surface area contributed by atoms with Crippen LogP contribution < -0.4 is 4.90 Å². The second-order valence-corrected chi connectivity index (χ2v) is 15.8. The van der Waals surface area contributed by atoms with Gasteiger partial charge in [-0.05, 0) is 116 Å². The highest BCUT2D eigenvalue weighted by Gasteiger charge is 2.18. The van der Waals surface area contributed by atoms with Crippen molar-refractivity contribution in [3.8, 4) is 61.3 Å². The Labute approximate surface area is 362 Å². The van der Waals surface area contributed by atoms with Crippen LogP contribution >= 0.6 is 0 Å². The van der Waals surface area contributed by atoms with Crippen LogP contribution in [-0.2, 0) is 0 Å². The van der Waals surface area contributed by atoms with E-state index in [4.69, 9.17) is 0 Å². The summed E-state index contributed by atoms with van der Waals surface area (Å²) in [6.45, 7) is 0. The quantitative estimate of drug-likeness (QED) is 0.141. The lowest BCUT2D eigenvalue weighted by molar-refractivity contribution is 1.18. The fourth-order valence-electron chi connectivity index (χ4n) is 8.96. The second-order valence-electron chi connectivity index (χ2n) is 15.8. The molecule has 0 radical (unpaired) electrons. The van der Waals surface area contributed by atoms with Crippen LogP contribution in [0.5, 0.6) is 0 Å². The first kappa shape index (κ1) is 36.8. The van der Waals surface area contributed by atoms with Crippen molar-refractivity contribution in [2.24, 2.45) is 0 Å². The molecule has 0 aliphatic heterocycles. The Morgan fingerprint density at radius 3 is 1.16 bits per heavy atom. The summed E-state index contributed by atoms with van der Waals surface area (Å²) < 4.78 is 2.38. The van der Waals surface area contributed by atoms with Crippen LogP contribution in [0.1, 0.15) is 0 Å². The van der Waals surface area contributed by atoms with Gasteiger partial charge in [0.05, 0.1) is 11.0 Å². The minimum atomic E-state index is 1.08. The van der Waals surface area contributed by atoms with Gasteiger partial charge in [-0.3, -0.25) is 0 Å². The maximum atomic E-state index is 2.38. The van der Waals surface area contributed by atoms with Crippen LogP contribution in [0.3, 0.4) is 0 Å². The normalized spacial score (nSPS) is 11.2. The Kier molecular flexibility index (Phi) is 9.57. The lowest BCUT2D eigenvalue weighted by Gasteiger charge is -2.27. The third-order valence-corrected chi connectivity index (χ3v) is 12.0. The highest BCUT2D eigenvalue weighted by molar-refractivity contribution is 6.09. The maximum Gasteiger partial charge on any atom is 0.0541 e. The van der Waals surface area contributed by atoms with Crippen molar-refractivity contribution in [3.63, 3.8) is 0 Å². The van der Waals surface area contributed by atoms with E-state index in [0.29, 0.717) is 0 Å². The predicted octanol–water partition coefficient (Wildman–Crippen LogP) is 16.6. The number of hydrogen-bond acceptors (Lipinski definition) is 1. The van der Waals surface area contributed by atoms with Gasteiger partial charge in [0, 0.05) is 33.5 Å². The van der Waals surface area contributed by atoms with Crippen LogP contribution in [0.15, 0.2) is 255 Å². The summed E-state index contributed by atoms with van der Waals surface area (Å²) in [4.78, 5) is 2.38. The highest BCUT2D eigenvalue weighted by atomic mass is 15.1. The summed E-state index contributed by atoms with van der Waals surface area (Å²) in [5, 5.41) is 2.53. The van der Waals surface area contributed by atoms with Gasteiger partial charge in [-0.15, -0.1) is 0 Å². The monoisotopic (exact) mass is 790 g/mol. The highest BCUT2D eigenvalue weighted by Crippen LogP contribution is 2.42. The minimum absolute atomic E-state index is 1.08. The van der Waals surface area contributed by atoms with Crippen molar-refractivity contribution >= 4 is 38.9 Å². The molecule has 11 rings (SSSR count). The molecular weight excluding hydrogens is 749 g/mol. The molecule has 0 atom stereocenters. The van der Waals surface area contributed by atoms with E-state index in [1.165, 1.54) is 71.9 Å². The summed E-state index contributed by atoms with van der Waals surface area (Å²) in [6.07, 6.45) is 0. The molecule has 2 heteroatoms. The van der Waals surface area contributed by atoms with Gasteiger partial charge in [-0.25, -0.2) is 0 Å². The molecule has 62 heavy (non-hydrogen) atoms. The summed E-state index contributed by atoms with van der Waals surface area (Å²) in [5.41, 5.74) is 18.7. The van der Waals surface area contributed by atoms with E-state index in [0.717, 1.165) is 28.3 Å². The third-order valence-electron chi connectivity index (χ3n) is 12.0. The second kappa shape index (κ2) is 16.1. The third kappa shape index (κ3) is 6.94. The fraction of sp³-hybridized carbons (Fsp3) is 0. The van der Waals surface area contributed by atoms with Crippen molar-refractivity contribution in [1.29, 1.82) is 0 Å². The van der Waals surface area contributed by atoms with E-state index in [2.05, 4.69) is 264 Å². The summed E-state index contributed by atoms with van der Waals surface area (Å²) in [5.74, 6) is 0. The van der Waals surface area contributed by atoms with Gasteiger partial charge in [0.1, 0.15) is 0 Å². The zero-order chi connectivity index (χ0) is 41.2. The molecule has 0 spiro atoms. The van der Waals surface area contributed by atoms with Crippen molar-refractivity contribution < 1.29 is 0 Å². The molecule has 0 aliphatic rings. The van der Waals surface area contributed by atoms with Crippen molar-refractivity contribution in [2.75, 3.05) is 4.90 Å². The molecule has 10 aromatic carbocycles. The zero-order valence-electron chi connectivity index (χ0n) is 34.1. The molecule has 0 bridgehead atoms. The lowest BCUT2D eigenvalue weighted by atomic mass is 9.93. The lowest BCUT2D eigenvalue weighted by Crippen LogP contribution is -2.10. The molecule has 0 amide bonds. The largest absolute Gasteiger partial charge is 0.310 e. The average molecular weight is 791 g/mol. The fourth-order valence-corrected chi connectivity index (χ4v) is 8.96. The summed E-state index contributed by atoms with van der Waals surface area (Å²) >= 11 is 0. The Bertz CT molecular complexity index is 3240. The number of fused-ring (bicyclic) bond motifs is 3. The molecule has 0 saturated carbocycles. The number of aromatic nitrogens is 1. The van der Waals surface area contributed by atoms with Crippen molar-refractivity contribution in [1.82, 2.24) is 4.57 Å². The number of rotatable bonds is 9. The summed E-state index contributed by atoms with van der Waals surface area (Å²) in [6, 6.07) is 92.0. The van der Waals surface area contributed by atoms with E-state index < -0.39 is 0 Å². The number of para-hydroxylation sites is 2. The van der Waals surface area contributed by atoms with Crippen molar-refractivity contribution in [3.05, 3.63) is 255 Å². The van der Waals surface area contributed by atoms with E-state index in [1.807, 2.05) is 0 Å². The topological polar surface area (TPSA) is 8.17 Å². The molecular formula is C60H42N2. The van der Waals surface area contributed by atoms with Crippen LogP contribution in [0, 0.1) is 0 Å². The maximum absolute atomic E-state index is 2.38. The van der Waals surface area contributed by atoms with Gasteiger partial charge in [0.25, 0.3) is 0 Å². The molecule has 0 aliphatic carbocycles. The Balaban J connectivity index is 0.992. The van der Waals surface area contributed by atoms with E-state index in [9.17, 15) is 0 Å². The molecule has 0 saturated heterocycles. The van der Waals surface area contributed by atoms with Gasteiger partial charge >= 0.3 is 0 Å². The smallest absolute Gasteiger partial charge is 0.0541 e. The number of hydrogen-bond donors (Lipinski definition) is 0. The Hall–Kier alpha value is -8.20. The zero-order valence-corrected chi connectivity index (χ0v) is 34.1. The van der Waals surface area contributed by atoms with Crippen LogP contribution in [0.25, 0.3) is 83.1 Å². The first-order chi connectivity index (χ1) is 30.7. The molecule has 1 heterocycles. The SMILES string of the molecule is c1ccc(-c2ccc(-c3ccc(N(c4ccc(-c5cccc(-n6c7ccccc7c7ccccc76)c5)cc4)c4ccc(-c5ccccc5)c(-c5ccccc5)c4)cc3)cc2)cc1.